The standard InChI is InChI=1S/C17H25BO5/c1-15(2,3)13-11(9-8-10-12(13)21-14(19)20)18-22-16(4,5)17(6,7)23-18/h8-10H,1-7H3,(H,19,20)/p-1. The van der Waals surface area contributed by atoms with Gasteiger partial charge < -0.3 is 23.9 Å². The number of benzene rings is 1. The summed E-state index contributed by atoms with van der Waals surface area (Å²) >= 11 is 0. The predicted octanol–water partition coefficient (Wildman–Crippen LogP) is 2.01. The molecule has 1 aromatic carbocycles. The van der Waals surface area contributed by atoms with E-state index in [1.165, 1.54) is 0 Å². The molecule has 0 unspecified atom stereocenters. The second-order valence-electron chi connectivity index (χ2n) is 7.91. The lowest BCUT2D eigenvalue weighted by atomic mass is 9.69. The summed E-state index contributed by atoms with van der Waals surface area (Å²) in [6.45, 7) is 13.9. The molecule has 0 saturated carbocycles. The number of ether oxygens (including phenoxy) is 1. The molecule has 0 amide bonds. The van der Waals surface area contributed by atoms with Crippen molar-refractivity contribution >= 4 is 18.7 Å². The fourth-order valence-electron chi connectivity index (χ4n) is 2.69. The molecular formula is C17H24BO5-. The Morgan fingerprint density at radius 1 is 1.13 bits per heavy atom. The summed E-state index contributed by atoms with van der Waals surface area (Å²) in [6.07, 6.45) is -1.58. The van der Waals surface area contributed by atoms with Crippen molar-refractivity contribution in [3.8, 4) is 5.75 Å². The molecule has 23 heavy (non-hydrogen) atoms. The number of hydrogen-bond acceptors (Lipinski definition) is 5. The van der Waals surface area contributed by atoms with Crippen molar-refractivity contribution in [3.05, 3.63) is 23.8 Å². The van der Waals surface area contributed by atoms with Crippen LogP contribution < -0.4 is 15.3 Å². The van der Waals surface area contributed by atoms with E-state index in [9.17, 15) is 9.90 Å². The van der Waals surface area contributed by atoms with Gasteiger partial charge in [-0.1, -0.05) is 32.9 Å². The largest absolute Gasteiger partial charge is 0.514 e. The predicted molar refractivity (Wildman–Crippen MR) is 86.9 cm³/mol. The van der Waals surface area contributed by atoms with Crippen molar-refractivity contribution in [2.24, 2.45) is 0 Å². The van der Waals surface area contributed by atoms with Crippen molar-refractivity contribution in [1.29, 1.82) is 0 Å². The van der Waals surface area contributed by atoms with Crippen molar-refractivity contribution in [2.45, 2.75) is 65.1 Å². The van der Waals surface area contributed by atoms with Gasteiger partial charge in [0.25, 0.3) is 6.16 Å². The highest BCUT2D eigenvalue weighted by molar-refractivity contribution is 6.62. The summed E-state index contributed by atoms with van der Waals surface area (Å²) in [6, 6.07) is 5.23. The van der Waals surface area contributed by atoms with Gasteiger partial charge in [-0.15, -0.1) is 0 Å². The van der Waals surface area contributed by atoms with Gasteiger partial charge in [0.1, 0.15) is 0 Å². The van der Waals surface area contributed by atoms with E-state index in [0.717, 1.165) is 11.0 Å². The van der Waals surface area contributed by atoms with E-state index in [2.05, 4.69) is 0 Å². The average Bonchev–Trinajstić information content (AvgIpc) is 2.56. The third-order valence-corrected chi connectivity index (χ3v) is 4.51. The van der Waals surface area contributed by atoms with E-state index in [0.29, 0.717) is 0 Å². The molecular weight excluding hydrogens is 295 g/mol. The van der Waals surface area contributed by atoms with Crippen LogP contribution in [0.2, 0.25) is 0 Å². The molecule has 1 aromatic rings. The van der Waals surface area contributed by atoms with Crippen molar-refractivity contribution in [2.75, 3.05) is 0 Å². The lowest BCUT2D eigenvalue weighted by Gasteiger charge is -2.32. The third-order valence-electron chi connectivity index (χ3n) is 4.51. The van der Waals surface area contributed by atoms with E-state index >= 15 is 0 Å². The number of hydrogen-bond donors (Lipinski definition) is 0. The third kappa shape index (κ3) is 3.38. The summed E-state index contributed by atoms with van der Waals surface area (Å²) in [5, 5.41) is 10.9. The van der Waals surface area contributed by atoms with Gasteiger partial charge >= 0.3 is 7.12 Å². The van der Waals surface area contributed by atoms with Gasteiger partial charge in [0.05, 0.1) is 17.0 Å². The molecule has 0 spiro atoms. The normalized spacial score (nSPS) is 19.7. The summed E-state index contributed by atoms with van der Waals surface area (Å²) in [4.78, 5) is 10.9. The quantitative estimate of drug-likeness (QED) is 0.474. The molecule has 0 N–H and O–H groups in total. The lowest BCUT2D eigenvalue weighted by molar-refractivity contribution is -0.271. The summed E-state index contributed by atoms with van der Waals surface area (Å²) in [5.41, 5.74) is 0.207. The van der Waals surface area contributed by atoms with Crippen LogP contribution in [0.15, 0.2) is 18.2 Å². The second-order valence-corrected chi connectivity index (χ2v) is 7.91. The Morgan fingerprint density at radius 3 is 2.09 bits per heavy atom. The molecule has 0 atom stereocenters. The van der Waals surface area contributed by atoms with Gasteiger partial charge in [-0.3, -0.25) is 0 Å². The lowest BCUT2D eigenvalue weighted by Crippen LogP contribution is -2.41. The first-order valence-electron chi connectivity index (χ1n) is 7.73. The molecule has 1 saturated heterocycles. The first-order chi connectivity index (χ1) is 10.3. The smallest absolute Gasteiger partial charge is 0.495 e. The average molecular weight is 319 g/mol. The monoisotopic (exact) mass is 319 g/mol. The molecule has 1 aliphatic heterocycles. The van der Waals surface area contributed by atoms with Gasteiger partial charge in [0.2, 0.25) is 0 Å². The number of carbonyl (C=O) groups excluding carboxylic acids is 1. The Kier molecular flexibility index (Phi) is 4.28. The van der Waals surface area contributed by atoms with Crippen LogP contribution >= 0.6 is 0 Å². The van der Waals surface area contributed by atoms with Crippen LogP contribution in [0.1, 0.15) is 54.0 Å². The van der Waals surface area contributed by atoms with E-state index in [1.807, 2.05) is 54.5 Å². The maximum absolute atomic E-state index is 10.9. The zero-order chi connectivity index (χ0) is 17.6. The minimum Gasteiger partial charge on any atom is -0.514 e. The van der Waals surface area contributed by atoms with Crippen LogP contribution in [0, 0.1) is 0 Å². The second kappa shape index (κ2) is 5.53. The Labute approximate surface area is 138 Å². The molecule has 1 heterocycles. The van der Waals surface area contributed by atoms with Crippen molar-refractivity contribution in [3.63, 3.8) is 0 Å². The number of carbonyl (C=O) groups is 1. The minimum absolute atomic E-state index is 0.254. The summed E-state index contributed by atoms with van der Waals surface area (Å²) in [7, 11) is -0.584. The van der Waals surface area contributed by atoms with Crippen molar-refractivity contribution in [1.82, 2.24) is 0 Å². The summed E-state index contributed by atoms with van der Waals surface area (Å²) < 4.78 is 17.1. The van der Waals surface area contributed by atoms with Gasteiger partial charge in [-0.2, -0.15) is 0 Å². The number of rotatable bonds is 2. The molecule has 0 radical (unpaired) electrons. The number of carboxylic acid groups (broad SMARTS) is 1. The fourth-order valence-corrected chi connectivity index (χ4v) is 2.69. The molecule has 1 fully saturated rings. The Bertz CT molecular complexity index is 600. The maximum atomic E-state index is 10.9. The Hall–Kier alpha value is -1.53. The Morgan fingerprint density at radius 2 is 1.65 bits per heavy atom. The molecule has 126 valence electrons. The zero-order valence-electron chi connectivity index (χ0n) is 14.9. The van der Waals surface area contributed by atoms with E-state index in [1.54, 1.807) is 12.1 Å². The van der Waals surface area contributed by atoms with Crippen LogP contribution in [0.25, 0.3) is 0 Å². The zero-order valence-corrected chi connectivity index (χ0v) is 14.9. The van der Waals surface area contributed by atoms with Crippen LogP contribution in [0.4, 0.5) is 4.79 Å². The maximum Gasteiger partial charge on any atom is 0.495 e. The van der Waals surface area contributed by atoms with Crippen LogP contribution in [-0.4, -0.2) is 24.5 Å². The van der Waals surface area contributed by atoms with Crippen LogP contribution in [0.3, 0.4) is 0 Å². The highest BCUT2D eigenvalue weighted by Crippen LogP contribution is 2.38. The minimum atomic E-state index is -1.58. The topological polar surface area (TPSA) is 67.8 Å². The van der Waals surface area contributed by atoms with Crippen molar-refractivity contribution < 1.29 is 23.9 Å². The molecule has 5 nitrogen and oxygen atoms in total. The molecule has 1 aliphatic rings. The van der Waals surface area contributed by atoms with Gasteiger partial charge in [0.15, 0.2) is 0 Å². The van der Waals surface area contributed by atoms with Crippen LogP contribution in [-0.2, 0) is 14.7 Å². The Balaban J connectivity index is 2.54. The van der Waals surface area contributed by atoms with Crippen LogP contribution in [0.5, 0.6) is 5.75 Å². The van der Waals surface area contributed by atoms with Gasteiger partial charge in [0, 0.05) is 0 Å². The highest BCUT2D eigenvalue weighted by Gasteiger charge is 2.52. The first kappa shape index (κ1) is 17.8. The van der Waals surface area contributed by atoms with Gasteiger partial charge in [-0.25, -0.2) is 0 Å². The van der Waals surface area contributed by atoms with E-state index < -0.39 is 24.5 Å². The first-order valence-corrected chi connectivity index (χ1v) is 7.73. The summed E-state index contributed by atoms with van der Waals surface area (Å²) in [5.74, 6) is 0.254. The molecule has 0 bridgehead atoms. The van der Waals surface area contributed by atoms with Gasteiger partial charge in [-0.05, 0) is 50.2 Å². The van der Waals surface area contributed by atoms with E-state index in [4.69, 9.17) is 14.0 Å². The molecule has 6 heteroatoms. The SMILES string of the molecule is CC(C)(C)c1c(OC(=O)[O-])cccc1B1OC(C)(C)C(C)(C)O1. The molecule has 0 aromatic heterocycles. The molecule has 2 rings (SSSR count). The highest BCUT2D eigenvalue weighted by atomic mass is 16.7. The molecule has 0 aliphatic carbocycles. The fraction of sp³-hybridized carbons (Fsp3) is 0.588. The van der Waals surface area contributed by atoms with E-state index in [-0.39, 0.29) is 11.2 Å².